The van der Waals surface area contributed by atoms with Crippen LogP contribution in [-0.2, 0) is 15.0 Å². The van der Waals surface area contributed by atoms with Crippen LogP contribution in [0.15, 0.2) is 0 Å². The molecule has 88 valence electrons. The summed E-state index contributed by atoms with van der Waals surface area (Å²) >= 11 is 0. The minimum Gasteiger partial charge on any atom is -0.544 e. The van der Waals surface area contributed by atoms with Crippen LogP contribution in [-0.4, -0.2) is 38.3 Å². The van der Waals surface area contributed by atoms with E-state index in [4.69, 9.17) is 0 Å². The van der Waals surface area contributed by atoms with E-state index in [-0.39, 0.29) is 0 Å². The lowest BCUT2D eigenvalue weighted by Gasteiger charge is -2.27. The fourth-order valence-corrected chi connectivity index (χ4v) is 2.80. The lowest BCUT2D eigenvalue weighted by molar-refractivity contribution is -0.504. The Morgan fingerprint density at radius 3 is 2.47 bits per heavy atom. The average Bonchev–Trinajstić information content (AvgIpc) is 2.16. The van der Waals surface area contributed by atoms with Crippen LogP contribution < -0.4 is 9.83 Å². The summed E-state index contributed by atoms with van der Waals surface area (Å²) in [7, 11) is -3.51. The molecule has 1 saturated heterocycles. The van der Waals surface area contributed by atoms with E-state index in [0.29, 0.717) is 19.0 Å². The molecule has 0 aromatic rings. The second kappa shape index (κ2) is 4.91. The SMILES string of the molecule is CC1CCN(S(=O)(=O)[NH2+]CC(=O)[O-])CC1. The van der Waals surface area contributed by atoms with E-state index in [1.54, 1.807) is 0 Å². The van der Waals surface area contributed by atoms with Gasteiger partial charge in [-0.3, -0.25) is 0 Å². The van der Waals surface area contributed by atoms with Crippen molar-refractivity contribution in [2.45, 2.75) is 19.8 Å². The first-order chi connectivity index (χ1) is 6.92. The molecule has 2 N–H and O–H groups in total. The molecule has 1 heterocycles. The molecule has 0 spiro atoms. The van der Waals surface area contributed by atoms with Crippen LogP contribution in [0.25, 0.3) is 0 Å². The molecule has 0 bridgehead atoms. The van der Waals surface area contributed by atoms with Crippen molar-refractivity contribution in [1.29, 1.82) is 0 Å². The van der Waals surface area contributed by atoms with Gasteiger partial charge in [0.05, 0.1) is 5.97 Å². The van der Waals surface area contributed by atoms with Gasteiger partial charge in [-0.25, -0.2) is 4.72 Å². The minimum absolute atomic E-state index is 0.479. The van der Waals surface area contributed by atoms with Gasteiger partial charge in [-0.15, -0.1) is 0 Å². The second-order valence-corrected chi connectivity index (χ2v) is 5.75. The summed E-state index contributed by atoms with van der Waals surface area (Å²) in [4.78, 5) is 10.2. The van der Waals surface area contributed by atoms with Gasteiger partial charge in [0.1, 0.15) is 6.54 Å². The molecule has 0 atom stereocenters. The first kappa shape index (κ1) is 12.4. The van der Waals surface area contributed by atoms with Crippen molar-refractivity contribution in [2.24, 2.45) is 5.92 Å². The van der Waals surface area contributed by atoms with Gasteiger partial charge in [-0.1, -0.05) is 6.92 Å². The molecular formula is C8H16N2O4S. The minimum atomic E-state index is -3.51. The summed E-state index contributed by atoms with van der Waals surface area (Å²) in [6.07, 6.45) is 1.66. The molecule has 1 rings (SSSR count). The van der Waals surface area contributed by atoms with Crippen molar-refractivity contribution < 1.29 is 23.0 Å². The number of quaternary nitrogens is 1. The first-order valence-electron chi connectivity index (χ1n) is 4.95. The highest BCUT2D eigenvalue weighted by Gasteiger charge is 2.28. The fourth-order valence-electron chi connectivity index (χ4n) is 1.52. The molecular weight excluding hydrogens is 220 g/mol. The molecule has 1 aliphatic rings. The van der Waals surface area contributed by atoms with Gasteiger partial charge in [0.25, 0.3) is 0 Å². The van der Waals surface area contributed by atoms with E-state index in [2.05, 4.69) is 6.92 Å². The Kier molecular flexibility index (Phi) is 4.06. The zero-order chi connectivity index (χ0) is 11.5. The van der Waals surface area contributed by atoms with E-state index < -0.39 is 22.7 Å². The smallest absolute Gasteiger partial charge is 0.369 e. The molecule has 0 unspecified atom stereocenters. The van der Waals surface area contributed by atoms with Crippen LogP contribution in [0.3, 0.4) is 0 Å². The summed E-state index contributed by atoms with van der Waals surface area (Å²) in [6.45, 7) is 2.49. The third-order valence-electron chi connectivity index (χ3n) is 2.56. The molecule has 1 fully saturated rings. The number of nitrogens with zero attached hydrogens (tertiary/aromatic N) is 1. The van der Waals surface area contributed by atoms with E-state index in [1.807, 2.05) is 0 Å². The zero-order valence-electron chi connectivity index (χ0n) is 8.68. The molecule has 0 saturated carbocycles. The molecule has 0 aromatic carbocycles. The maximum atomic E-state index is 11.6. The van der Waals surface area contributed by atoms with Gasteiger partial charge in [0.2, 0.25) is 0 Å². The predicted molar refractivity (Wildman–Crippen MR) is 50.7 cm³/mol. The number of nitrogens with two attached hydrogens (primary N) is 1. The average molecular weight is 236 g/mol. The number of piperidine rings is 1. The molecule has 0 aliphatic carbocycles. The number of rotatable bonds is 4. The highest BCUT2D eigenvalue weighted by atomic mass is 32.2. The van der Waals surface area contributed by atoms with Crippen LogP contribution in [0.1, 0.15) is 19.8 Å². The third kappa shape index (κ3) is 3.77. The van der Waals surface area contributed by atoms with E-state index in [0.717, 1.165) is 17.6 Å². The number of hydrogen-bond donors (Lipinski definition) is 1. The summed E-state index contributed by atoms with van der Waals surface area (Å²) in [5, 5.41) is 10.2. The molecule has 0 aromatic heterocycles. The Bertz CT molecular complexity index is 320. The Hall–Kier alpha value is -0.660. The summed E-state index contributed by atoms with van der Waals surface area (Å²) < 4.78 is 25.3. The zero-order valence-corrected chi connectivity index (χ0v) is 9.50. The monoisotopic (exact) mass is 236 g/mol. The second-order valence-electron chi connectivity index (χ2n) is 3.87. The standard InChI is InChI=1S/C8H16N2O4S/c1-7-2-4-10(5-3-7)15(13,14)9-6-8(11)12/h7,9H,2-6H2,1H3,(H,11,12). The summed E-state index contributed by atoms with van der Waals surface area (Å²) in [5.74, 6) is -0.832. The van der Waals surface area contributed by atoms with Crippen LogP contribution in [0.5, 0.6) is 0 Å². The molecule has 0 amide bonds. The van der Waals surface area contributed by atoms with Crippen molar-refractivity contribution in [3.63, 3.8) is 0 Å². The quantitative estimate of drug-likeness (QED) is 0.573. The van der Waals surface area contributed by atoms with E-state index in [9.17, 15) is 18.3 Å². The molecule has 15 heavy (non-hydrogen) atoms. The molecule has 1 aliphatic heterocycles. The van der Waals surface area contributed by atoms with E-state index in [1.165, 1.54) is 4.31 Å². The number of carboxylic acids is 1. The molecule has 7 heteroatoms. The first-order valence-corrected chi connectivity index (χ1v) is 6.45. The van der Waals surface area contributed by atoms with Crippen LogP contribution in [0, 0.1) is 5.92 Å². The maximum absolute atomic E-state index is 11.6. The number of carbonyl (C=O) groups is 1. The van der Waals surface area contributed by atoms with E-state index >= 15 is 0 Å². The van der Waals surface area contributed by atoms with Crippen molar-refractivity contribution in [3.05, 3.63) is 0 Å². The van der Waals surface area contributed by atoms with Crippen LogP contribution >= 0.6 is 0 Å². The van der Waals surface area contributed by atoms with Crippen molar-refractivity contribution in [1.82, 2.24) is 4.31 Å². The number of carbonyl (C=O) groups excluding carboxylic acids is 1. The Morgan fingerprint density at radius 2 is 2.00 bits per heavy atom. The van der Waals surface area contributed by atoms with Crippen molar-refractivity contribution in [2.75, 3.05) is 19.6 Å². The van der Waals surface area contributed by atoms with Crippen LogP contribution in [0.4, 0.5) is 0 Å². The van der Waals surface area contributed by atoms with Gasteiger partial charge in [-0.2, -0.15) is 12.7 Å². The summed E-state index contributed by atoms with van der Waals surface area (Å²) in [6, 6.07) is 0. The van der Waals surface area contributed by atoms with Gasteiger partial charge < -0.3 is 9.90 Å². The maximum Gasteiger partial charge on any atom is 0.369 e. The Morgan fingerprint density at radius 1 is 1.47 bits per heavy atom. The van der Waals surface area contributed by atoms with Gasteiger partial charge in [-0.05, 0) is 18.8 Å². The van der Waals surface area contributed by atoms with Gasteiger partial charge in [0, 0.05) is 13.1 Å². The fraction of sp³-hybridized carbons (Fsp3) is 0.875. The van der Waals surface area contributed by atoms with Crippen LogP contribution in [0.2, 0.25) is 0 Å². The normalized spacial score (nSPS) is 20.3. The van der Waals surface area contributed by atoms with Crippen molar-refractivity contribution in [3.8, 4) is 0 Å². The topological polar surface area (TPSA) is 94.1 Å². The summed E-state index contributed by atoms with van der Waals surface area (Å²) in [5.41, 5.74) is 0. The highest BCUT2D eigenvalue weighted by molar-refractivity contribution is 7.82. The Labute approximate surface area is 89.4 Å². The van der Waals surface area contributed by atoms with Crippen molar-refractivity contribution >= 4 is 16.2 Å². The van der Waals surface area contributed by atoms with Gasteiger partial charge >= 0.3 is 10.2 Å². The predicted octanol–water partition coefficient (Wildman–Crippen LogP) is -2.72. The molecule has 0 radical (unpaired) electrons. The lowest BCUT2D eigenvalue weighted by atomic mass is 10.0. The lowest BCUT2D eigenvalue weighted by Crippen LogP contribution is -2.92. The largest absolute Gasteiger partial charge is 0.544 e. The number of hydrogen-bond acceptors (Lipinski definition) is 4. The van der Waals surface area contributed by atoms with Gasteiger partial charge in [0.15, 0.2) is 0 Å². The number of aliphatic carboxylic acids is 1. The Balaban J connectivity index is 2.50. The number of carboxylic acid groups (broad SMARTS) is 1. The highest BCUT2D eigenvalue weighted by Crippen LogP contribution is 2.16. The molecule has 6 nitrogen and oxygen atoms in total. The third-order valence-corrected chi connectivity index (χ3v) is 4.24.